The molecule has 3 aliphatic heterocycles. The molecular formula is C21H16O9. The molecule has 0 aromatic heterocycles. The molecule has 0 radical (unpaired) electrons. The highest BCUT2D eigenvalue weighted by Crippen LogP contribution is 2.47. The zero-order valence-electron chi connectivity index (χ0n) is 15.8. The predicted molar refractivity (Wildman–Crippen MR) is 97.7 cm³/mol. The van der Waals surface area contributed by atoms with Crippen molar-refractivity contribution in [1.29, 1.82) is 0 Å². The number of carbonyl (C=O) groups is 3. The van der Waals surface area contributed by atoms with E-state index in [1.165, 1.54) is 13.0 Å². The van der Waals surface area contributed by atoms with Gasteiger partial charge in [-0.25, -0.2) is 0 Å². The Hall–Kier alpha value is -3.75. The van der Waals surface area contributed by atoms with Crippen molar-refractivity contribution in [3.05, 3.63) is 41.5 Å². The molecule has 0 aliphatic carbocycles. The fourth-order valence-electron chi connectivity index (χ4n) is 3.86. The molecule has 2 aromatic rings. The van der Waals surface area contributed by atoms with Crippen molar-refractivity contribution in [3.8, 4) is 28.7 Å². The molecule has 2 atom stereocenters. The monoisotopic (exact) mass is 412 g/mol. The summed E-state index contributed by atoms with van der Waals surface area (Å²) in [7, 11) is 0. The molecule has 1 fully saturated rings. The van der Waals surface area contributed by atoms with Crippen LogP contribution in [0.2, 0.25) is 0 Å². The lowest BCUT2D eigenvalue weighted by atomic mass is 9.78. The van der Waals surface area contributed by atoms with E-state index in [4.69, 9.17) is 28.4 Å². The summed E-state index contributed by atoms with van der Waals surface area (Å²) in [4.78, 5) is 36.9. The lowest BCUT2D eigenvalue weighted by Crippen LogP contribution is -2.25. The first-order valence-corrected chi connectivity index (χ1v) is 9.22. The number of ketones is 1. The van der Waals surface area contributed by atoms with Gasteiger partial charge in [0.05, 0.1) is 0 Å². The number of ether oxygens (including phenoxy) is 6. The Kier molecular flexibility index (Phi) is 4.23. The van der Waals surface area contributed by atoms with E-state index in [2.05, 4.69) is 0 Å². The Morgan fingerprint density at radius 2 is 1.60 bits per heavy atom. The second-order valence-corrected chi connectivity index (χ2v) is 6.98. The van der Waals surface area contributed by atoms with Crippen molar-refractivity contribution in [2.45, 2.75) is 12.8 Å². The molecule has 1 saturated heterocycles. The third-order valence-corrected chi connectivity index (χ3v) is 5.14. The standard InChI is InChI=1S/C21H16O9/c1-10(22)30-15-6-18-17(28-9-29-18)5-12(15)19(20-13(23)7-25-21(20)24)11-2-3-14-16(4-11)27-8-26-14/h2-6,19-20H,7-9H2,1H3/t19-,20+/m1/s1. The SMILES string of the molecule is CC(=O)Oc1cc2c(cc1[C@@H](c1ccc3c(c1)OCO3)[C@@H]1C(=O)COC1=O)OCO2. The predicted octanol–water partition coefficient (Wildman–Crippen LogP) is 1.94. The summed E-state index contributed by atoms with van der Waals surface area (Å²) in [6.45, 7) is 1.05. The topological polar surface area (TPSA) is 107 Å². The van der Waals surface area contributed by atoms with Crippen LogP contribution in [0, 0.1) is 5.92 Å². The molecule has 9 nitrogen and oxygen atoms in total. The first-order valence-electron chi connectivity index (χ1n) is 9.22. The van der Waals surface area contributed by atoms with Gasteiger partial charge < -0.3 is 28.4 Å². The molecule has 3 aliphatic rings. The van der Waals surface area contributed by atoms with Crippen molar-refractivity contribution in [2.24, 2.45) is 5.92 Å². The molecule has 30 heavy (non-hydrogen) atoms. The minimum absolute atomic E-state index is 0.0113. The second-order valence-electron chi connectivity index (χ2n) is 6.98. The Bertz CT molecular complexity index is 1060. The summed E-state index contributed by atoms with van der Waals surface area (Å²) in [5.74, 6) is -1.43. The van der Waals surface area contributed by atoms with Crippen LogP contribution >= 0.6 is 0 Å². The third kappa shape index (κ3) is 2.99. The largest absolute Gasteiger partial charge is 0.457 e. The van der Waals surface area contributed by atoms with E-state index in [0.717, 1.165) is 0 Å². The van der Waals surface area contributed by atoms with Crippen LogP contribution in [0.15, 0.2) is 30.3 Å². The molecule has 3 heterocycles. The van der Waals surface area contributed by atoms with Gasteiger partial charge in [-0.3, -0.25) is 14.4 Å². The lowest BCUT2D eigenvalue weighted by Gasteiger charge is -2.23. The second kappa shape index (κ2) is 6.94. The minimum Gasteiger partial charge on any atom is -0.457 e. The van der Waals surface area contributed by atoms with Gasteiger partial charge in [0.25, 0.3) is 0 Å². The van der Waals surface area contributed by atoms with Crippen LogP contribution in [-0.4, -0.2) is 37.9 Å². The van der Waals surface area contributed by atoms with Gasteiger partial charge in [0.1, 0.15) is 11.7 Å². The maximum Gasteiger partial charge on any atom is 0.318 e. The van der Waals surface area contributed by atoms with Gasteiger partial charge in [0.2, 0.25) is 13.6 Å². The van der Waals surface area contributed by atoms with Gasteiger partial charge in [-0.15, -0.1) is 0 Å². The molecule has 0 amide bonds. The molecule has 0 saturated carbocycles. The van der Waals surface area contributed by atoms with Crippen molar-refractivity contribution < 1.29 is 42.8 Å². The molecule has 9 heteroatoms. The maximum absolute atomic E-state index is 12.6. The van der Waals surface area contributed by atoms with Gasteiger partial charge in [-0.1, -0.05) is 6.07 Å². The van der Waals surface area contributed by atoms with Crippen molar-refractivity contribution in [3.63, 3.8) is 0 Å². The van der Waals surface area contributed by atoms with Crippen LogP contribution in [0.25, 0.3) is 0 Å². The van der Waals surface area contributed by atoms with E-state index in [1.807, 2.05) is 0 Å². The Morgan fingerprint density at radius 3 is 2.27 bits per heavy atom. The number of benzene rings is 2. The maximum atomic E-state index is 12.6. The molecule has 154 valence electrons. The smallest absolute Gasteiger partial charge is 0.318 e. The number of hydrogen-bond donors (Lipinski definition) is 0. The van der Waals surface area contributed by atoms with Crippen LogP contribution in [-0.2, 0) is 19.1 Å². The van der Waals surface area contributed by atoms with Crippen LogP contribution in [0.1, 0.15) is 24.0 Å². The lowest BCUT2D eigenvalue weighted by molar-refractivity contribution is -0.141. The number of Topliss-reactive ketones (excluding diaryl/α,β-unsaturated/α-hetero) is 1. The molecule has 0 spiro atoms. The zero-order chi connectivity index (χ0) is 20.8. The molecule has 0 bridgehead atoms. The number of hydrogen-bond acceptors (Lipinski definition) is 9. The number of fused-ring (bicyclic) bond motifs is 2. The van der Waals surface area contributed by atoms with Crippen LogP contribution in [0.5, 0.6) is 28.7 Å². The van der Waals surface area contributed by atoms with Gasteiger partial charge in [0.15, 0.2) is 35.4 Å². The molecule has 0 N–H and O–H groups in total. The minimum atomic E-state index is -1.11. The summed E-state index contributed by atoms with van der Waals surface area (Å²) in [5, 5.41) is 0. The van der Waals surface area contributed by atoms with E-state index in [-0.39, 0.29) is 31.7 Å². The average molecular weight is 412 g/mol. The van der Waals surface area contributed by atoms with E-state index < -0.39 is 23.8 Å². The fourth-order valence-corrected chi connectivity index (χ4v) is 3.86. The van der Waals surface area contributed by atoms with Crippen molar-refractivity contribution in [2.75, 3.05) is 20.2 Å². The van der Waals surface area contributed by atoms with Gasteiger partial charge in [-0.2, -0.15) is 0 Å². The Labute approximate surface area is 170 Å². The first-order chi connectivity index (χ1) is 14.5. The summed E-state index contributed by atoms with van der Waals surface area (Å²) in [6, 6.07) is 8.28. The number of esters is 2. The van der Waals surface area contributed by atoms with Crippen LogP contribution in [0.3, 0.4) is 0 Å². The van der Waals surface area contributed by atoms with E-state index in [9.17, 15) is 14.4 Å². The van der Waals surface area contributed by atoms with Gasteiger partial charge in [0, 0.05) is 24.5 Å². The molecule has 2 aromatic carbocycles. The summed E-state index contributed by atoms with van der Waals surface area (Å²) in [5.41, 5.74) is 1.02. The highest BCUT2D eigenvalue weighted by molar-refractivity contribution is 6.06. The van der Waals surface area contributed by atoms with E-state index in [0.29, 0.717) is 34.1 Å². The zero-order valence-corrected chi connectivity index (χ0v) is 15.8. The van der Waals surface area contributed by atoms with E-state index in [1.54, 1.807) is 24.3 Å². The summed E-state index contributed by atoms with van der Waals surface area (Å²) >= 11 is 0. The highest BCUT2D eigenvalue weighted by Gasteiger charge is 2.45. The third-order valence-electron chi connectivity index (χ3n) is 5.14. The van der Waals surface area contributed by atoms with Crippen molar-refractivity contribution in [1.82, 2.24) is 0 Å². The average Bonchev–Trinajstić information content (AvgIpc) is 3.43. The Morgan fingerprint density at radius 1 is 0.933 bits per heavy atom. The normalized spacial score (nSPS) is 19.6. The quantitative estimate of drug-likeness (QED) is 0.423. The Balaban J connectivity index is 1.70. The number of carbonyl (C=O) groups excluding carboxylic acids is 3. The van der Waals surface area contributed by atoms with Crippen molar-refractivity contribution >= 4 is 17.7 Å². The molecule has 0 unspecified atom stereocenters. The van der Waals surface area contributed by atoms with Gasteiger partial charge >= 0.3 is 11.9 Å². The first kappa shape index (κ1) is 18.3. The fraction of sp³-hybridized carbons (Fsp3) is 0.286. The molecular weight excluding hydrogens is 396 g/mol. The van der Waals surface area contributed by atoms with Crippen LogP contribution < -0.4 is 23.7 Å². The number of cyclic esters (lactones) is 1. The molecule has 5 rings (SSSR count). The summed E-state index contributed by atoms with van der Waals surface area (Å²) in [6.07, 6.45) is 0. The van der Waals surface area contributed by atoms with Gasteiger partial charge in [-0.05, 0) is 23.8 Å². The van der Waals surface area contributed by atoms with E-state index >= 15 is 0 Å². The highest BCUT2D eigenvalue weighted by atomic mass is 16.7. The summed E-state index contributed by atoms with van der Waals surface area (Å²) < 4.78 is 32.1. The van der Waals surface area contributed by atoms with Crippen LogP contribution in [0.4, 0.5) is 0 Å². The number of rotatable bonds is 4.